The van der Waals surface area contributed by atoms with Crippen molar-refractivity contribution in [2.24, 2.45) is 0 Å². The maximum absolute atomic E-state index is 4.77. The van der Waals surface area contributed by atoms with Gasteiger partial charge in [-0.25, -0.2) is 9.97 Å². The third-order valence-electron chi connectivity index (χ3n) is 3.44. The summed E-state index contributed by atoms with van der Waals surface area (Å²) in [6, 6.07) is 0.657. The van der Waals surface area contributed by atoms with Crippen LogP contribution in [0.5, 0.6) is 0 Å². The molecule has 1 saturated carbocycles. The van der Waals surface area contributed by atoms with Crippen molar-refractivity contribution in [2.45, 2.75) is 39.2 Å². The van der Waals surface area contributed by atoms with E-state index in [9.17, 15) is 0 Å². The smallest absolute Gasteiger partial charge is 0.180 e. The van der Waals surface area contributed by atoms with E-state index in [1.807, 2.05) is 18.6 Å². The molecule has 3 rings (SSSR count). The van der Waals surface area contributed by atoms with Crippen LogP contribution in [0.2, 0.25) is 0 Å². The first-order valence-corrected chi connectivity index (χ1v) is 7.17. The summed E-state index contributed by atoms with van der Waals surface area (Å²) < 4.78 is 2.06. The molecule has 0 spiro atoms. The van der Waals surface area contributed by atoms with Crippen molar-refractivity contribution in [3.8, 4) is 0 Å². The Balaban J connectivity index is 2.05. The molecule has 0 unspecified atom stereocenters. The predicted octanol–water partition coefficient (Wildman–Crippen LogP) is 2.54. The fourth-order valence-electron chi connectivity index (χ4n) is 2.46. The van der Waals surface area contributed by atoms with E-state index in [1.54, 1.807) is 0 Å². The van der Waals surface area contributed by atoms with Gasteiger partial charge in [0.05, 0.1) is 6.20 Å². The molecule has 102 valence electrons. The van der Waals surface area contributed by atoms with E-state index < -0.39 is 0 Å². The summed E-state index contributed by atoms with van der Waals surface area (Å²) in [5.41, 5.74) is 0.960. The first-order valence-electron chi connectivity index (χ1n) is 7.17. The SMILES string of the molecule is CCCN(c1nc(NCC)cn2ccnc12)C1CC1. The van der Waals surface area contributed by atoms with Crippen LogP contribution in [-0.4, -0.2) is 33.5 Å². The highest BCUT2D eigenvalue weighted by molar-refractivity contribution is 5.67. The highest BCUT2D eigenvalue weighted by Gasteiger charge is 2.31. The van der Waals surface area contributed by atoms with Gasteiger partial charge < -0.3 is 14.6 Å². The van der Waals surface area contributed by atoms with Crippen molar-refractivity contribution in [1.29, 1.82) is 0 Å². The van der Waals surface area contributed by atoms with Gasteiger partial charge in [-0.2, -0.15) is 0 Å². The Hall–Kier alpha value is -1.78. The number of anilines is 2. The Kier molecular flexibility index (Phi) is 3.27. The second-order valence-electron chi connectivity index (χ2n) is 5.06. The van der Waals surface area contributed by atoms with Gasteiger partial charge in [-0.15, -0.1) is 0 Å². The minimum absolute atomic E-state index is 0.657. The lowest BCUT2D eigenvalue weighted by molar-refractivity contribution is 0.750. The molecule has 0 aromatic carbocycles. The van der Waals surface area contributed by atoms with Gasteiger partial charge in [-0.1, -0.05) is 6.92 Å². The third kappa shape index (κ3) is 2.37. The number of hydrogen-bond donors (Lipinski definition) is 1. The molecule has 5 nitrogen and oxygen atoms in total. The Morgan fingerprint density at radius 3 is 2.95 bits per heavy atom. The van der Waals surface area contributed by atoms with Gasteiger partial charge in [0.1, 0.15) is 5.82 Å². The van der Waals surface area contributed by atoms with Crippen LogP contribution in [0.15, 0.2) is 18.6 Å². The second kappa shape index (κ2) is 5.07. The highest BCUT2D eigenvalue weighted by atomic mass is 15.3. The maximum atomic E-state index is 4.77. The van der Waals surface area contributed by atoms with E-state index in [-0.39, 0.29) is 0 Å². The summed E-state index contributed by atoms with van der Waals surface area (Å²) in [5, 5.41) is 3.30. The van der Waals surface area contributed by atoms with Gasteiger partial charge in [0.15, 0.2) is 11.5 Å². The van der Waals surface area contributed by atoms with Gasteiger partial charge in [0.25, 0.3) is 0 Å². The molecule has 0 aliphatic heterocycles. The normalized spacial score (nSPS) is 14.8. The molecule has 0 bridgehead atoms. The van der Waals surface area contributed by atoms with Gasteiger partial charge in [0, 0.05) is 31.5 Å². The van der Waals surface area contributed by atoms with E-state index >= 15 is 0 Å². The van der Waals surface area contributed by atoms with E-state index in [2.05, 4.69) is 33.4 Å². The summed E-state index contributed by atoms with van der Waals surface area (Å²) in [5.74, 6) is 1.94. The molecule has 1 aliphatic rings. The van der Waals surface area contributed by atoms with Crippen molar-refractivity contribution in [3.05, 3.63) is 18.6 Å². The zero-order valence-electron chi connectivity index (χ0n) is 11.6. The largest absolute Gasteiger partial charge is 0.369 e. The molecule has 0 atom stereocenters. The molecule has 0 amide bonds. The van der Waals surface area contributed by atoms with E-state index in [0.717, 1.165) is 36.8 Å². The van der Waals surface area contributed by atoms with Gasteiger partial charge >= 0.3 is 0 Å². The van der Waals surface area contributed by atoms with Crippen LogP contribution in [0.3, 0.4) is 0 Å². The Morgan fingerprint density at radius 2 is 2.26 bits per heavy atom. The van der Waals surface area contributed by atoms with Crippen LogP contribution < -0.4 is 10.2 Å². The summed E-state index contributed by atoms with van der Waals surface area (Å²) in [6.45, 7) is 6.23. The summed E-state index contributed by atoms with van der Waals surface area (Å²) in [6.07, 6.45) is 9.52. The Morgan fingerprint density at radius 1 is 1.42 bits per heavy atom. The molecule has 2 heterocycles. The van der Waals surface area contributed by atoms with Crippen molar-refractivity contribution < 1.29 is 0 Å². The van der Waals surface area contributed by atoms with Crippen LogP contribution >= 0.6 is 0 Å². The molecule has 0 radical (unpaired) electrons. The Bertz CT molecular complexity index is 558. The minimum atomic E-state index is 0.657. The zero-order chi connectivity index (χ0) is 13.2. The Labute approximate surface area is 113 Å². The van der Waals surface area contributed by atoms with Gasteiger partial charge in [0.2, 0.25) is 0 Å². The molecule has 1 aliphatic carbocycles. The van der Waals surface area contributed by atoms with E-state index in [0.29, 0.717) is 6.04 Å². The van der Waals surface area contributed by atoms with Crippen LogP contribution in [-0.2, 0) is 0 Å². The van der Waals surface area contributed by atoms with Crippen LogP contribution in [0, 0.1) is 0 Å². The molecule has 0 saturated heterocycles. The monoisotopic (exact) mass is 259 g/mol. The minimum Gasteiger partial charge on any atom is -0.369 e. The molecular formula is C14H21N5. The summed E-state index contributed by atoms with van der Waals surface area (Å²) in [7, 11) is 0. The standard InChI is InChI=1S/C14H21N5/c1-3-8-19(11-5-6-11)14-13-16-7-9-18(13)10-12(17-14)15-4-2/h7,9-11,15H,3-6,8H2,1-2H3. The number of rotatable bonds is 6. The van der Waals surface area contributed by atoms with Crippen LogP contribution in [0.4, 0.5) is 11.6 Å². The average molecular weight is 259 g/mol. The number of aromatic nitrogens is 3. The molecule has 19 heavy (non-hydrogen) atoms. The fraction of sp³-hybridized carbons (Fsp3) is 0.571. The van der Waals surface area contributed by atoms with E-state index in [4.69, 9.17) is 4.98 Å². The van der Waals surface area contributed by atoms with Crippen LogP contribution in [0.1, 0.15) is 33.1 Å². The van der Waals surface area contributed by atoms with Crippen molar-refractivity contribution in [3.63, 3.8) is 0 Å². The molecular weight excluding hydrogens is 238 g/mol. The molecule has 1 fully saturated rings. The lowest BCUT2D eigenvalue weighted by Gasteiger charge is -2.23. The van der Waals surface area contributed by atoms with Crippen molar-refractivity contribution in [1.82, 2.24) is 14.4 Å². The summed E-state index contributed by atoms with van der Waals surface area (Å²) >= 11 is 0. The third-order valence-corrected chi connectivity index (χ3v) is 3.44. The van der Waals surface area contributed by atoms with E-state index in [1.165, 1.54) is 12.8 Å². The molecule has 5 heteroatoms. The molecule has 2 aromatic heterocycles. The first-order chi connectivity index (χ1) is 9.33. The number of nitrogens with one attached hydrogen (secondary N) is 1. The number of nitrogens with zero attached hydrogens (tertiary/aromatic N) is 4. The number of imidazole rings is 1. The topological polar surface area (TPSA) is 45.5 Å². The summed E-state index contributed by atoms with van der Waals surface area (Å²) in [4.78, 5) is 11.7. The fourth-order valence-corrected chi connectivity index (χ4v) is 2.46. The lowest BCUT2D eigenvalue weighted by Crippen LogP contribution is -2.28. The second-order valence-corrected chi connectivity index (χ2v) is 5.06. The van der Waals surface area contributed by atoms with Crippen LogP contribution in [0.25, 0.3) is 5.65 Å². The predicted molar refractivity (Wildman–Crippen MR) is 77.8 cm³/mol. The number of fused-ring (bicyclic) bond motifs is 1. The quantitative estimate of drug-likeness (QED) is 0.866. The molecule has 1 N–H and O–H groups in total. The van der Waals surface area contributed by atoms with Crippen molar-refractivity contribution >= 4 is 17.3 Å². The zero-order valence-corrected chi connectivity index (χ0v) is 11.6. The number of hydrogen-bond acceptors (Lipinski definition) is 4. The lowest BCUT2D eigenvalue weighted by atomic mass is 10.3. The van der Waals surface area contributed by atoms with Crippen molar-refractivity contribution in [2.75, 3.05) is 23.3 Å². The highest BCUT2D eigenvalue weighted by Crippen LogP contribution is 2.33. The maximum Gasteiger partial charge on any atom is 0.180 e. The first kappa shape index (κ1) is 12.3. The average Bonchev–Trinajstić information content (AvgIpc) is 3.13. The molecule has 2 aromatic rings. The van der Waals surface area contributed by atoms with Gasteiger partial charge in [-0.05, 0) is 26.2 Å². The van der Waals surface area contributed by atoms with Gasteiger partial charge in [-0.3, -0.25) is 0 Å².